The van der Waals surface area contributed by atoms with Crippen molar-refractivity contribution >= 4 is 28.8 Å². The minimum Gasteiger partial charge on any atom is -0.351 e. The van der Waals surface area contributed by atoms with E-state index in [0.29, 0.717) is 23.4 Å². The molecule has 0 unspecified atom stereocenters. The fraction of sp³-hybridized carbons (Fsp3) is 0.182. The van der Waals surface area contributed by atoms with Gasteiger partial charge in [-0.3, -0.25) is 9.59 Å². The van der Waals surface area contributed by atoms with Crippen LogP contribution in [0.4, 0.5) is 5.69 Å². The van der Waals surface area contributed by atoms with Crippen LogP contribution in [-0.2, 0) is 0 Å². The summed E-state index contributed by atoms with van der Waals surface area (Å²) < 4.78 is 0. The molecule has 1 aromatic heterocycles. The van der Waals surface area contributed by atoms with Crippen LogP contribution in [0.1, 0.15) is 45.5 Å². The summed E-state index contributed by atoms with van der Waals surface area (Å²) in [6.45, 7) is 2.66. The summed E-state index contributed by atoms with van der Waals surface area (Å²) in [5.41, 5.74) is 2.77. The molecule has 0 saturated carbocycles. The van der Waals surface area contributed by atoms with E-state index in [-0.39, 0.29) is 17.7 Å². The number of para-hydroxylation sites is 1. The Balaban J connectivity index is 1.69. The quantitative estimate of drug-likeness (QED) is 0.613. The number of hydrogen-bond donors (Lipinski definition) is 2. The van der Waals surface area contributed by atoms with Crippen molar-refractivity contribution in [3.05, 3.63) is 88.1 Å². The van der Waals surface area contributed by atoms with Gasteiger partial charge in [-0.2, -0.15) is 11.3 Å². The number of hydrogen-bond acceptors (Lipinski definition) is 3. The second kappa shape index (κ2) is 9.14. The first-order valence-corrected chi connectivity index (χ1v) is 9.89. The molecule has 0 aliphatic heterocycles. The zero-order chi connectivity index (χ0) is 19.1. The summed E-state index contributed by atoms with van der Waals surface area (Å²) in [6, 6.07) is 19.0. The fourth-order valence-electron chi connectivity index (χ4n) is 2.91. The Morgan fingerprint density at radius 3 is 2.41 bits per heavy atom. The van der Waals surface area contributed by atoms with Crippen LogP contribution in [0.25, 0.3) is 0 Å². The van der Waals surface area contributed by atoms with Crippen molar-refractivity contribution in [2.75, 3.05) is 11.9 Å². The molecule has 4 nitrogen and oxygen atoms in total. The number of nitrogens with one attached hydrogen (secondary N) is 2. The summed E-state index contributed by atoms with van der Waals surface area (Å²) in [5, 5.41) is 9.47. The van der Waals surface area contributed by atoms with Crippen LogP contribution in [0.2, 0.25) is 0 Å². The maximum Gasteiger partial charge on any atom is 0.256 e. The number of amides is 2. The summed E-state index contributed by atoms with van der Waals surface area (Å²) in [5.74, 6) is -0.152. The Morgan fingerprint density at radius 2 is 1.70 bits per heavy atom. The van der Waals surface area contributed by atoms with Gasteiger partial charge in [0.2, 0.25) is 0 Å². The summed E-state index contributed by atoms with van der Waals surface area (Å²) in [7, 11) is 0. The maximum absolute atomic E-state index is 12.7. The predicted molar refractivity (Wildman–Crippen MR) is 111 cm³/mol. The van der Waals surface area contributed by atoms with Gasteiger partial charge in [0.1, 0.15) is 0 Å². The minimum absolute atomic E-state index is 0.189. The van der Waals surface area contributed by atoms with Gasteiger partial charge in [-0.25, -0.2) is 0 Å². The van der Waals surface area contributed by atoms with Gasteiger partial charge in [-0.05, 0) is 35.6 Å². The third-order valence-electron chi connectivity index (χ3n) is 4.48. The molecular weight excluding hydrogens is 356 g/mol. The normalized spacial score (nSPS) is 11.6. The van der Waals surface area contributed by atoms with Gasteiger partial charge in [-0.15, -0.1) is 0 Å². The topological polar surface area (TPSA) is 58.2 Å². The number of carbonyl (C=O) groups is 2. The van der Waals surface area contributed by atoms with Crippen molar-refractivity contribution in [2.24, 2.45) is 0 Å². The van der Waals surface area contributed by atoms with Crippen molar-refractivity contribution in [1.82, 2.24) is 5.32 Å². The van der Waals surface area contributed by atoms with Gasteiger partial charge >= 0.3 is 0 Å². The Bertz CT molecular complexity index is 892. The van der Waals surface area contributed by atoms with Crippen molar-refractivity contribution in [3.63, 3.8) is 0 Å². The van der Waals surface area contributed by atoms with E-state index < -0.39 is 0 Å². The Morgan fingerprint density at radius 1 is 0.963 bits per heavy atom. The highest BCUT2D eigenvalue weighted by molar-refractivity contribution is 7.08. The number of carbonyl (C=O) groups excluding carboxylic acids is 2. The zero-order valence-electron chi connectivity index (χ0n) is 15.1. The highest BCUT2D eigenvalue weighted by atomic mass is 32.1. The van der Waals surface area contributed by atoms with Gasteiger partial charge in [0.25, 0.3) is 11.8 Å². The first-order chi connectivity index (χ1) is 13.2. The number of anilines is 1. The Hall–Kier alpha value is -2.92. The molecule has 0 aliphatic carbocycles. The van der Waals surface area contributed by atoms with Crippen LogP contribution < -0.4 is 10.6 Å². The van der Waals surface area contributed by atoms with Crippen LogP contribution >= 0.6 is 11.3 Å². The largest absolute Gasteiger partial charge is 0.351 e. The lowest BCUT2D eigenvalue weighted by atomic mass is 9.96. The van der Waals surface area contributed by atoms with E-state index in [2.05, 4.69) is 29.7 Å². The molecule has 27 heavy (non-hydrogen) atoms. The van der Waals surface area contributed by atoms with E-state index in [1.807, 2.05) is 23.6 Å². The molecule has 3 rings (SSSR count). The Labute approximate surface area is 163 Å². The molecular formula is C22H22N2O2S. The summed E-state index contributed by atoms with van der Waals surface area (Å²) in [4.78, 5) is 25.0. The monoisotopic (exact) mass is 378 g/mol. The third kappa shape index (κ3) is 4.83. The maximum atomic E-state index is 12.7. The van der Waals surface area contributed by atoms with Crippen molar-refractivity contribution < 1.29 is 9.59 Å². The molecule has 5 heteroatoms. The highest BCUT2D eigenvalue weighted by Gasteiger charge is 2.16. The van der Waals surface area contributed by atoms with Gasteiger partial charge in [0, 0.05) is 17.8 Å². The average molecular weight is 378 g/mol. The lowest BCUT2D eigenvalue weighted by Gasteiger charge is -2.17. The highest BCUT2D eigenvalue weighted by Crippen LogP contribution is 2.20. The minimum atomic E-state index is -0.216. The smallest absolute Gasteiger partial charge is 0.256 e. The fourth-order valence-corrected chi connectivity index (χ4v) is 3.55. The molecule has 0 saturated heterocycles. The van der Waals surface area contributed by atoms with Crippen LogP contribution in [0.5, 0.6) is 0 Å². The zero-order valence-corrected chi connectivity index (χ0v) is 16.0. The van der Waals surface area contributed by atoms with E-state index >= 15 is 0 Å². The van der Waals surface area contributed by atoms with Gasteiger partial charge in [0.05, 0.1) is 16.8 Å². The third-order valence-corrected chi connectivity index (χ3v) is 5.16. The van der Waals surface area contributed by atoms with Crippen molar-refractivity contribution in [2.45, 2.75) is 19.3 Å². The molecule has 0 radical (unpaired) electrons. The molecule has 2 aromatic carbocycles. The second-order valence-electron chi connectivity index (χ2n) is 6.24. The van der Waals surface area contributed by atoms with E-state index in [1.54, 1.807) is 35.7 Å². The molecule has 2 amide bonds. The van der Waals surface area contributed by atoms with Gasteiger partial charge < -0.3 is 10.6 Å². The number of benzene rings is 2. The van der Waals surface area contributed by atoms with E-state index in [0.717, 1.165) is 6.42 Å². The molecule has 138 valence electrons. The molecule has 0 bridgehead atoms. The lowest BCUT2D eigenvalue weighted by molar-refractivity contribution is 0.0952. The van der Waals surface area contributed by atoms with Crippen LogP contribution in [0, 0.1) is 0 Å². The van der Waals surface area contributed by atoms with E-state index in [4.69, 9.17) is 0 Å². The van der Waals surface area contributed by atoms with E-state index in [9.17, 15) is 9.59 Å². The lowest BCUT2D eigenvalue weighted by Crippen LogP contribution is -2.29. The van der Waals surface area contributed by atoms with Gasteiger partial charge in [-0.1, -0.05) is 49.4 Å². The van der Waals surface area contributed by atoms with Crippen molar-refractivity contribution in [3.8, 4) is 0 Å². The second-order valence-corrected chi connectivity index (χ2v) is 7.02. The molecule has 1 atom stereocenters. The predicted octanol–water partition coefficient (Wildman–Crippen LogP) is 4.92. The molecule has 0 fully saturated rings. The number of rotatable bonds is 7. The average Bonchev–Trinajstić information content (AvgIpc) is 3.24. The summed E-state index contributed by atoms with van der Waals surface area (Å²) >= 11 is 1.46. The Kier molecular flexibility index (Phi) is 6.39. The van der Waals surface area contributed by atoms with Crippen LogP contribution in [0.15, 0.2) is 71.4 Å². The molecule has 1 heterocycles. The van der Waals surface area contributed by atoms with Crippen molar-refractivity contribution in [1.29, 1.82) is 0 Å². The van der Waals surface area contributed by atoms with Crippen LogP contribution in [-0.4, -0.2) is 18.4 Å². The number of thiophene rings is 1. The molecule has 0 aliphatic rings. The molecule has 3 aromatic rings. The molecule has 2 N–H and O–H groups in total. The first-order valence-electron chi connectivity index (χ1n) is 8.94. The SMILES string of the molecule is CC[C@H](CNC(=O)c1ccccc1NC(=O)c1ccsc1)c1ccccc1. The molecule has 0 spiro atoms. The van der Waals surface area contributed by atoms with Crippen LogP contribution in [0.3, 0.4) is 0 Å². The standard InChI is InChI=1S/C22H22N2O2S/c1-2-16(17-8-4-3-5-9-17)14-23-22(26)19-10-6-7-11-20(19)24-21(25)18-12-13-27-15-18/h3-13,15-16H,2,14H2,1H3,(H,23,26)(H,24,25)/t16-/m1/s1. The first kappa shape index (κ1) is 18.9. The van der Waals surface area contributed by atoms with E-state index in [1.165, 1.54) is 16.9 Å². The van der Waals surface area contributed by atoms with Gasteiger partial charge in [0.15, 0.2) is 0 Å². The summed E-state index contributed by atoms with van der Waals surface area (Å²) in [6.07, 6.45) is 0.931.